The van der Waals surface area contributed by atoms with E-state index in [9.17, 15) is 43.5 Å². The van der Waals surface area contributed by atoms with Crippen LogP contribution < -0.4 is 0 Å². The molecule has 0 aromatic rings. The van der Waals surface area contributed by atoms with Crippen molar-refractivity contribution in [3.63, 3.8) is 0 Å². The Balaban J connectivity index is 4.41. The highest BCUT2D eigenvalue weighted by atomic mass is 31.2. The van der Waals surface area contributed by atoms with Crippen molar-refractivity contribution in [2.45, 2.75) is 437 Å². The first-order valence-corrected chi connectivity index (χ1v) is 49.8. The number of ether oxygens (including phenoxy) is 3. The molecule has 0 aromatic carbocycles. The van der Waals surface area contributed by atoms with Gasteiger partial charge < -0.3 is 34.2 Å². The number of rotatable bonds is 89. The van der Waals surface area contributed by atoms with E-state index in [-0.39, 0.29) is 19.3 Å². The maximum atomic E-state index is 13.0. The molecule has 0 amide bonds. The van der Waals surface area contributed by atoms with E-state index in [0.29, 0.717) is 19.3 Å². The van der Waals surface area contributed by atoms with E-state index in [1.807, 2.05) is 0 Å². The Labute approximate surface area is 703 Å². The van der Waals surface area contributed by atoms with Crippen LogP contribution in [0.4, 0.5) is 0 Å². The van der Waals surface area contributed by atoms with E-state index in [4.69, 9.17) is 32.3 Å². The van der Waals surface area contributed by atoms with E-state index in [1.54, 1.807) is 0 Å². The van der Waals surface area contributed by atoms with Gasteiger partial charge >= 0.3 is 33.6 Å². The van der Waals surface area contributed by atoms with Gasteiger partial charge in [0.1, 0.15) is 25.4 Å². The van der Waals surface area contributed by atoms with E-state index in [0.717, 1.165) is 135 Å². The first kappa shape index (κ1) is 111. The molecular weight excluding hydrogens is 1480 g/mol. The van der Waals surface area contributed by atoms with Gasteiger partial charge in [-0.25, -0.2) is 9.13 Å². The number of hydrogen-bond acceptors (Lipinski definition) is 14. The summed E-state index contributed by atoms with van der Waals surface area (Å²) in [4.78, 5) is 58.9. The van der Waals surface area contributed by atoms with Gasteiger partial charge in [-0.3, -0.25) is 32.5 Å². The highest BCUT2D eigenvalue weighted by Crippen LogP contribution is 2.45. The lowest BCUT2D eigenvalue weighted by atomic mass is 10.0. The zero-order valence-electron chi connectivity index (χ0n) is 73.4. The molecule has 5 unspecified atom stereocenters. The highest BCUT2D eigenvalue weighted by molar-refractivity contribution is 7.47. The number of carbonyl (C=O) groups excluding carboxylic acids is 3. The lowest BCUT2D eigenvalue weighted by Crippen LogP contribution is -2.30. The lowest BCUT2D eigenvalue weighted by molar-refractivity contribution is -0.161. The third kappa shape index (κ3) is 90.6. The molecule has 0 bridgehead atoms. The Kier molecular flexibility index (Phi) is 86.1. The number of allylic oxidation sites excluding steroid dienone is 20. The van der Waals surface area contributed by atoms with Crippen molar-refractivity contribution in [3.8, 4) is 0 Å². The fraction of sp³-hybridized carbons (Fsp3) is 0.763. The van der Waals surface area contributed by atoms with E-state index in [1.165, 1.54) is 225 Å². The van der Waals surface area contributed by atoms with Crippen molar-refractivity contribution in [2.24, 2.45) is 0 Å². The molecule has 0 spiro atoms. The summed E-state index contributed by atoms with van der Waals surface area (Å²) in [6.07, 6.45) is 110. The molecule has 0 rings (SSSR count). The molecule has 0 aliphatic heterocycles. The first-order valence-electron chi connectivity index (χ1n) is 46.8. The number of carbonyl (C=O) groups is 3. The summed E-state index contributed by atoms with van der Waals surface area (Å²) in [5.41, 5.74) is 0. The molecule has 115 heavy (non-hydrogen) atoms. The van der Waals surface area contributed by atoms with Crippen LogP contribution in [0.3, 0.4) is 0 Å². The van der Waals surface area contributed by atoms with Crippen LogP contribution in [-0.2, 0) is 55.8 Å². The van der Waals surface area contributed by atoms with Crippen molar-refractivity contribution >= 4 is 33.6 Å². The van der Waals surface area contributed by atoms with Gasteiger partial charge in [-0.15, -0.1) is 0 Å². The molecule has 5 atom stereocenters. The number of phosphoric ester groups is 2. The zero-order valence-corrected chi connectivity index (χ0v) is 75.2. The SMILES string of the molecule is CC/C=C\C/C=C\C/C=C\C/C=C\C/C=C\CCCCCCCCCCCCCCCC(=O)OCC(COP(=O)(O)OCC(O)COP(=O)(O)OCC(O)COC(=O)CCCCCCCCCCCCCCCCCCCCC/C=C\C/C=C\C/C=C\C/C=C\CCCCC)OC(=O)CCCCCCC/C=C\CCCCCCCC. The van der Waals surface area contributed by atoms with Crippen molar-refractivity contribution in [2.75, 3.05) is 39.6 Å². The zero-order chi connectivity index (χ0) is 83.6. The predicted octanol–water partition coefficient (Wildman–Crippen LogP) is 28.8. The Morgan fingerprint density at radius 3 is 0.757 bits per heavy atom. The predicted molar refractivity (Wildman–Crippen MR) is 482 cm³/mol. The maximum absolute atomic E-state index is 13.0. The van der Waals surface area contributed by atoms with Gasteiger partial charge in [0.05, 0.1) is 26.4 Å². The number of esters is 3. The third-order valence-corrected chi connectivity index (χ3v) is 22.0. The molecule has 0 fully saturated rings. The quantitative estimate of drug-likeness (QED) is 0.0146. The molecule has 0 heterocycles. The van der Waals surface area contributed by atoms with E-state index >= 15 is 0 Å². The van der Waals surface area contributed by atoms with Crippen LogP contribution in [0.2, 0.25) is 0 Å². The van der Waals surface area contributed by atoms with Gasteiger partial charge in [-0.2, -0.15) is 0 Å². The molecule has 0 aromatic heterocycles. The van der Waals surface area contributed by atoms with Gasteiger partial charge in [0.15, 0.2) is 6.10 Å². The summed E-state index contributed by atoms with van der Waals surface area (Å²) in [7, 11) is -9.80. The normalized spacial score (nSPS) is 14.3. The topological polar surface area (TPSA) is 231 Å². The van der Waals surface area contributed by atoms with Crippen molar-refractivity contribution in [3.05, 3.63) is 122 Å². The van der Waals surface area contributed by atoms with Crippen molar-refractivity contribution in [1.29, 1.82) is 0 Å². The van der Waals surface area contributed by atoms with Crippen molar-refractivity contribution in [1.82, 2.24) is 0 Å². The standard InChI is InChI=1S/C97H172O16P2/c1-4-7-10-13-16-19-22-25-28-30-32-34-36-38-40-42-43-44-45-46-47-49-51-52-54-56-58-60-63-65-68-71-74-77-80-83-95(100)107-86-92(98)87-109-114(103,104)110-88-93(99)89-111-115(105,106)112-91-94(113-97(102)85-82-79-76-73-70-67-62-27-24-21-18-15-12-9-6-3)90-108-96(101)84-81-78-75-72-69-66-64-61-59-57-55-53-50-48-41-39-37-35-33-31-29-26-23-20-17-14-11-8-5-2/h8,11,16-17,19-20,25-29,32-35,38-41,62,92-94,98-99H,4-7,9-10,12-15,18,21-24,30-31,36-37,42-61,63-91H2,1-3H3,(H,103,104)(H,105,106)/b11-8-,19-16-,20-17-,28-25-,29-26-,34-32-,35-33-,40-38-,41-39-,62-27-. The smallest absolute Gasteiger partial charge is 0.463 e. The number of hydrogen-bond donors (Lipinski definition) is 4. The number of unbranched alkanes of at least 4 members (excludes halogenated alkanes) is 46. The fourth-order valence-electron chi connectivity index (χ4n) is 13.1. The molecule has 0 radical (unpaired) electrons. The second kappa shape index (κ2) is 89.2. The van der Waals surface area contributed by atoms with Crippen molar-refractivity contribution < 1.29 is 75.8 Å². The second-order valence-corrected chi connectivity index (χ2v) is 34.3. The average Bonchev–Trinajstić information content (AvgIpc) is 0.898. The lowest BCUT2D eigenvalue weighted by Gasteiger charge is -2.21. The molecular formula is C97H172O16P2. The van der Waals surface area contributed by atoms with Gasteiger partial charge in [0.25, 0.3) is 0 Å². The van der Waals surface area contributed by atoms with Crippen LogP contribution in [0.1, 0.15) is 419 Å². The summed E-state index contributed by atoms with van der Waals surface area (Å²) < 4.78 is 61.4. The third-order valence-electron chi connectivity index (χ3n) is 20.1. The van der Waals surface area contributed by atoms with Gasteiger partial charge in [0.2, 0.25) is 0 Å². The number of aliphatic hydroxyl groups excluding tert-OH is 2. The van der Waals surface area contributed by atoms with Crippen LogP contribution in [0, 0.1) is 0 Å². The molecule has 666 valence electrons. The summed E-state index contributed by atoms with van der Waals surface area (Å²) in [5.74, 6) is -1.57. The molecule has 18 heteroatoms. The minimum Gasteiger partial charge on any atom is -0.463 e. The number of phosphoric acid groups is 2. The molecule has 0 saturated carbocycles. The minimum absolute atomic E-state index is 0.0955. The molecule has 4 N–H and O–H groups in total. The number of aliphatic hydroxyl groups is 2. The maximum Gasteiger partial charge on any atom is 0.472 e. The molecule has 0 aliphatic carbocycles. The van der Waals surface area contributed by atoms with Crippen LogP contribution in [-0.4, -0.2) is 95.9 Å². The fourth-order valence-corrected chi connectivity index (χ4v) is 14.6. The van der Waals surface area contributed by atoms with Crippen LogP contribution >= 0.6 is 15.6 Å². The van der Waals surface area contributed by atoms with Gasteiger partial charge in [-0.1, -0.05) is 386 Å². The average molecular weight is 1660 g/mol. The van der Waals surface area contributed by atoms with E-state index in [2.05, 4.69) is 142 Å². The Morgan fingerprint density at radius 1 is 0.252 bits per heavy atom. The summed E-state index contributed by atoms with van der Waals surface area (Å²) in [6.45, 7) is 2.59. The summed E-state index contributed by atoms with van der Waals surface area (Å²) in [5, 5.41) is 20.7. The summed E-state index contributed by atoms with van der Waals surface area (Å²) in [6, 6.07) is 0. The Morgan fingerprint density at radius 2 is 0.461 bits per heavy atom. The first-order chi connectivity index (χ1) is 56.2. The Bertz CT molecular complexity index is 2570. The molecule has 0 aliphatic rings. The Hall–Kier alpha value is -4.05. The van der Waals surface area contributed by atoms with Crippen LogP contribution in [0.25, 0.3) is 0 Å². The van der Waals surface area contributed by atoms with Gasteiger partial charge in [-0.05, 0) is 135 Å². The van der Waals surface area contributed by atoms with E-state index < -0.39 is 91.5 Å². The minimum atomic E-state index is -4.94. The molecule has 16 nitrogen and oxygen atoms in total. The monoisotopic (exact) mass is 1660 g/mol. The van der Waals surface area contributed by atoms with Crippen LogP contribution in [0.15, 0.2) is 122 Å². The summed E-state index contributed by atoms with van der Waals surface area (Å²) >= 11 is 0. The highest BCUT2D eigenvalue weighted by Gasteiger charge is 2.30. The molecule has 0 saturated heterocycles. The second-order valence-electron chi connectivity index (χ2n) is 31.4. The van der Waals surface area contributed by atoms with Crippen LogP contribution in [0.5, 0.6) is 0 Å². The van der Waals surface area contributed by atoms with Gasteiger partial charge in [0, 0.05) is 19.3 Å². The largest absolute Gasteiger partial charge is 0.472 e.